The monoisotopic (exact) mass is 448 g/mol. The van der Waals surface area contributed by atoms with Gasteiger partial charge in [-0.15, -0.1) is 10.2 Å². The number of pyridine rings is 1. The topological polar surface area (TPSA) is 112 Å². The first-order chi connectivity index (χ1) is 15.8. The molecule has 2 N–H and O–H groups in total. The van der Waals surface area contributed by atoms with Crippen molar-refractivity contribution in [3.05, 3.63) is 42.5 Å². The number of fused-ring (bicyclic) bond motifs is 1. The van der Waals surface area contributed by atoms with Crippen molar-refractivity contribution in [2.45, 2.75) is 26.4 Å². The van der Waals surface area contributed by atoms with Crippen LogP contribution in [-0.4, -0.2) is 56.1 Å². The van der Waals surface area contributed by atoms with Crippen molar-refractivity contribution in [3.8, 4) is 17.1 Å². The van der Waals surface area contributed by atoms with Crippen LogP contribution in [0, 0.1) is 6.92 Å². The summed E-state index contributed by atoms with van der Waals surface area (Å²) in [6.45, 7) is 6.55. The quantitative estimate of drug-likeness (QED) is 0.416. The van der Waals surface area contributed by atoms with E-state index in [1.54, 1.807) is 32.9 Å². The van der Waals surface area contributed by atoms with Crippen molar-refractivity contribution in [3.63, 3.8) is 0 Å². The Hall–Kier alpha value is -3.79. The third kappa shape index (κ3) is 4.70. The molecule has 10 heteroatoms. The minimum absolute atomic E-state index is 0.347. The zero-order valence-electron chi connectivity index (χ0n) is 19.7. The number of hydrogen-bond acceptors (Lipinski definition) is 9. The maximum Gasteiger partial charge on any atom is 0.163 e. The molecule has 3 heterocycles. The molecule has 0 saturated carbocycles. The van der Waals surface area contributed by atoms with Gasteiger partial charge in [-0.2, -0.15) is 0 Å². The number of methoxy groups -OCH3 is 2. The van der Waals surface area contributed by atoms with Gasteiger partial charge in [-0.25, -0.2) is 9.97 Å². The zero-order chi connectivity index (χ0) is 23.6. The number of rotatable bonds is 8. The molecule has 0 aliphatic rings. The second kappa shape index (κ2) is 8.99. The second-order valence-electron chi connectivity index (χ2n) is 8.37. The first-order valence-corrected chi connectivity index (χ1v) is 10.5. The maximum atomic E-state index is 5.61. The predicted octanol–water partition coefficient (Wildman–Crippen LogP) is 3.72. The molecular formula is C23H28N8O2. The third-order valence-corrected chi connectivity index (χ3v) is 5.43. The van der Waals surface area contributed by atoms with E-state index in [-0.39, 0.29) is 5.60 Å². The molecule has 3 aromatic heterocycles. The van der Waals surface area contributed by atoms with Gasteiger partial charge in [0.25, 0.3) is 0 Å². The highest BCUT2D eigenvalue weighted by molar-refractivity contribution is 5.88. The van der Waals surface area contributed by atoms with Crippen LogP contribution in [0.3, 0.4) is 0 Å². The molecule has 1 aromatic carbocycles. The Labute approximate surface area is 192 Å². The lowest BCUT2D eigenvalue weighted by Gasteiger charge is -2.23. The Morgan fingerprint density at radius 2 is 1.91 bits per heavy atom. The molecule has 172 valence electrons. The lowest BCUT2D eigenvalue weighted by Crippen LogP contribution is -2.32. The van der Waals surface area contributed by atoms with E-state index in [2.05, 4.69) is 30.8 Å². The predicted molar refractivity (Wildman–Crippen MR) is 128 cm³/mol. The lowest BCUT2D eigenvalue weighted by molar-refractivity contribution is 0.0343. The van der Waals surface area contributed by atoms with Crippen molar-refractivity contribution in [2.24, 2.45) is 7.05 Å². The minimum Gasteiger partial charge on any atom is -0.495 e. The number of ether oxygens (including phenoxy) is 2. The minimum atomic E-state index is -0.347. The molecule has 4 aromatic rings. The highest BCUT2D eigenvalue weighted by atomic mass is 16.5. The molecule has 0 aliphatic carbocycles. The van der Waals surface area contributed by atoms with Gasteiger partial charge < -0.3 is 24.7 Å². The first kappa shape index (κ1) is 22.4. The molecule has 0 unspecified atom stereocenters. The average Bonchev–Trinajstić information content (AvgIpc) is 3.24. The fraction of sp³-hybridized carbons (Fsp3) is 0.348. The zero-order valence-corrected chi connectivity index (χ0v) is 19.7. The van der Waals surface area contributed by atoms with Gasteiger partial charge in [0.1, 0.15) is 23.4 Å². The van der Waals surface area contributed by atoms with Crippen LogP contribution in [0.2, 0.25) is 0 Å². The molecule has 33 heavy (non-hydrogen) atoms. The summed E-state index contributed by atoms with van der Waals surface area (Å²) in [5.74, 6) is 2.64. The summed E-state index contributed by atoms with van der Waals surface area (Å²) in [6, 6.07) is 5.78. The van der Waals surface area contributed by atoms with Crippen LogP contribution in [0.15, 0.2) is 36.9 Å². The largest absolute Gasteiger partial charge is 0.495 e. The smallest absolute Gasteiger partial charge is 0.163 e. The fourth-order valence-corrected chi connectivity index (χ4v) is 3.30. The summed E-state index contributed by atoms with van der Waals surface area (Å²) in [7, 11) is 5.21. The molecule has 10 nitrogen and oxygen atoms in total. The van der Waals surface area contributed by atoms with Gasteiger partial charge in [0.15, 0.2) is 11.6 Å². The number of anilines is 3. The number of nitrogens with one attached hydrogen (secondary N) is 2. The van der Waals surface area contributed by atoms with Crippen LogP contribution < -0.4 is 15.4 Å². The van der Waals surface area contributed by atoms with Crippen molar-refractivity contribution in [1.29, 1.82) is 0 Å². The Morgan fingerprint density at radius 1 is 1.09 bits per heavy atom. The molecule has 0 spiro atoms. The SMILES string of the molecule is COc1cc(-c2nncn2C)ccc1Nc1cnc2c(C)cnc(NCC(C)(C)OC)c2n1. The summed E-state index contributed by atoms with van der Waals surface area (Å²) < 4.78 is 13.0. The number of aryl methyl sites for hydroxylation is 2. The van der Waals surface area contributed by atoms with Crippen LogP contribution in [0.25, 0.3) is 22.4 Å². The second-order valence-corrected chi connectivity index (χ2v) is 8.37. The Morgan fingerprint density at radius 3 is 2.61 bits per heavy atom. The number of aromatic nitrogens is 6. The van der Waals surface area contributed by atoms with Crippen LogP contribution in [-0.2, 0) is 11.8 Å². The molecular weight excluding hydrogens is 420 g/mol. The van der Waals surface area contributed by atoms with Gasteiger partial charge in [-0.1, -0.05) is 0 Å². The third-order valence-electron chi connectivity index (χ3n) is 5.43. The van der Waals surface area contributed by atoms with Crippen LogP contribution in [0.5, 0.6) is 5.75 Å². The maximum absolute atomic E-state index is 5.61. The van der Waals surface area contributed by atoms with Gasteiger partial charge in [0.2, 0.25) is 0 Å². The summed E-state index contributed by atoms with van der Waals surface area (Å²) in [4.78, 5) is 14.0. The fourth-order valence-electron chi connectivity index (χ4n) is 3.30. The first-order valence-electron chi connectivity index (χ1n) is 10.5. The Balaban J connectivity index is 1.66. The van der Waals surface area contributed by atoms with Crippen LogP contribution >= 0.6 is 0 Å². The number of benzene rings is 1. The van der Waals surface area contributed by atoms with E-state index in [1.165, 1.54) is 0 Å². The summed E-state index contributed by atoms with van der Waals surface area (Å²) in [6.07, 6.45) is 5.16. The Bertz CT molecular complexity index is 1280. The van der Waals surface area contributed by atoms with E-state index < -0.39 is 0 Å². The van der Waals surface area contributed by atoms with E-state index in [1.807, 2.05) is 50.6 Å². The lowest BCUT2D eigenvalue weighted by atomic mass is 10.1. The van der Waals surface area contributed by atoms with Crippen molar-refractivity contribution < 1.29 is 9.47 Å². The van der Waals surface area contributed by atoms with E-state index >= 15 is 0 Å². The molecule has 0 saturated heterocycles. The van der Waals surface area contributed by atoms with E-state index in [9.17, 15) is 0 Å². The molecule has 0 aliphatic heterocycles. The standard InChI is InChI=1S/C23H28N8O2/c1-14-10-25-21(26-12-23(2,3)33-6)20-19(14)24-11-18(29-20)28-16-8-7-15(9-17(16)32-5)22-30-27-13-31(22)4/h7-11,13H,12H2,1-6H3,(H,25,26)(H,28,29). The van der Waals surface area contributed by atoms with Crippen molar-refractivity contribution >= 4 is 28.4 Å². The molecule has 0 radical (unpaired) electrons. The molecule has 0 atom stereocenters. The number of hydrogen-bond donors (Lipinski definition) is 2. The van der Waals surface area contributed by atoms with Crippen LogP contribution in [0.4, 0.5) is 17.3 Å². The van der Waals surface area contributed by atoms with Gasteiger partial charge in [0, 0.05) is 32.5 Å². The summed E-state index contributed by atoms with van der Waals surface area (Å²) >= 11 is 0. The van der Waals surface area contributed by atoms with E-state index in [4.69, 9.17) is 14.5 Å². The Kier molecular flexibility index (Phi) is 6.10. The van der Waals surface area contributed by atoms with E-state index in [0.29, 0.717) is 29.4 Å². The highest BCUT2D eigenvalue weighted by Crippen LogP contribution is 2.32. The highest BCUT2D eigenvalue weighted by Gasteiger charge is 2.18. The van der Waals surface area contributed by atoms with Gasteiger partial charge in [0.05, 0.1) is 30.1 Å². The average molecular weight is 449 g/mol. The van der Waals surface area contributed by atoms with Crippen LogP contribution in [0.1, 0.15) is 19.4 Å². The summed E-state index contributed by atoms with van der Waals surface area (Å²) in [5, 5.41) is 14.8. The van der Waals surface area contributed by atoms with Crippen molar-refractivity contribution in [1.82, 2.24) is 29.7 Å². The number of nitrogens with zero attached hydrogens (tertiary/aromatic N) is 6. The van der Waals surface area contributed by atoms with Gasteiger partial charge in [-0.05, 0) is 44.5 Å². The molecule has 0 fully saturated rings. The van der Waals surface area contributed by atoms with Gasteiger partial charge in [-0.3, -0.25) is 4.98 Å². The molecule has 4 rings (SSSR count). The molecule has 0 amide bonds. The van der Waals surface area contributed by atoms with Gasteiger partial charge >= 0.3 is 0 Å². The van der Waals surface area contributed by atoms with E-state index in [0.717, 1.165) is 28.2 Å². The summed E-state index contributed by atoms with van der Waals surface area (Å²) in [5.41, 5.74) is 3.73. The van der Waals surface area contributed by atoms with Crippen molar-refractivity contribution in [2.75, 3.05) is 31.4 Å². The molecule has 0 bridgehead atoms. The normalized spacial score (nSPS) is 11.6.